The molecule has 342 valence electrons. The quantitative estimate of drug-likeness (QED) is 0.101. The van der Waals surface area contributed by atoms with Gasteiger partial charge >= 0.3 is 12.1 Å². The van der Waals surface area contributed by atoms with Crippen molar-refractivity contribution < 1.29 is 28.5 Å². The van der Waals surface area contributed by atoms with Crippen LogP contribution in [-0.2, 0) is 43.4 Å². The fourth-order valence-corrected chi connectivity index (χ4v) is 8.68. The average molecular weight is 877 g/mol. The molecule has 0 saturated carbocycles. The minimum Gasteiger partial charge on any atom is -0.377 e. The number of benzene rings is 2. The molecule has 4 aliphatic rings. The van der Waals surface area contributed by atoms with Gasteiger partial charge in [0.05, 0.1) is 63.1 Å². The van der Waals surface area contributed by atoms with Gasteiger partial charge in [0, 0.05) is 59.8 Å². The minimum absolute atomic E-state index is 0.213. The van der Waals surface area contributed by atoms with E-state index >= 15 is 0 Å². The van der Waals surface area contributed by atoms with Crippen molar-refractivity contribution in [2.45, 2.75) is 104 Å². The number of ether oxygens (including phenoxy) is 4. The van der Waals surface area contributed by atoms with E-state index < -0.39 is 11.2 Å². The lowest BCUT2D eigenvalue weighted by atomic mass is 9.94. The maximum absolute atomic E-state index is 11.8. The summed E-state index contributed by atoms with van der Waals surface area (Å²) in [7, 11) is 0. The third kappa shape index (κ3) is 10.1. The molecule has 0 radical (unpaired) electrons. The molecule has 0 bridgehead atoms. The van der Waals surface area contributed by atoms with E-state index in [0.29, 0.717) is 76.5 Å². The van der Waals surface area contributed by atoms with E-state index in [-0.39, 0.29) is 24.1 Å². The Hall–Kier alpha value is -5.68. The number of nitrogens with zero attached hydrogens (tertiary/aromatic N) is 6. The monoisotopic (exact) mass is 877 g/mol. The highest BCUT2D eigenvalue weighted by molar-refractivity contribution is 5.90. The molecular weight excluding hydrogens is 813 g/mol. The molecule has 0 aliphatic carbocycles. The third-order valence-electron chi connectivity index (χ3n) is 12.1. The molecule has 4 amide bonds. The van der Waals surface area contributed by atoms with Crippen LogP contribution >= 0.6 is 0 Å². The molecule has 64 heavy (non-hydrogen) atoms. The number of urea groups is 2. The maximum atomic E-state index is 11.8. The molecule has 8 rings (SSSR count). The number of amides is 4. The second-order valence-electron chi connectivity index (χ2n) is 17.0. The summed E-state index contributed by atoms with van der Waals surface area (Å²) in [6.45, 7) is 24.8. The highest BCUT2D eigenvalue weighted by Crippen LogP contribution is 2.45. The molecular formula is C48H64N10O6. The van der Waals surface area contributed by atoms with Gasteiger partial charge in [-0.25, -0.2) is 29.5 Å². The van der Waals surface area contributed by atoms with E-state index in [0.717, 1.165) is 76.9 Å². The van der Waals surface area contributed by atoms with Crippen LogP contribution in [-0.4, -0.2) is 96.7 Å². The number of aromatic nitrogens is 4. The zero-order valence-corrected chi connectivity index (χ0v) is 38.4. The predicted octanol–water partition coefficient (Wildman–Crippen LogP) is 7.89. The molecule has 6 heterocycles. The van der Waals surface area contributed by atoms with E-state index in [1.807, 2.05) is 68.5 Å². The molecule has 2 unspecified atom stereocenters. The Balaban J connectivity index is 0.000000191. The van der Waals surface area contributed by atoms with Gasteiger partial charge < -0.3 is 50.0 Å². The lowest BCUT2D eigenvalue weighted by Crippen LogP contribution is -2.44. The smallest absolute Gasteiger partial charge is 0.319 e. The predicted molar refractivity (Wildman–Crippen MR) is 250 cm³/mol. The van der Waals surface area contributed by atoms with E-state index in [2.05, 4.69) is 72.3 Å². The van der Waals surface area contributed by atoms with Crippen molar-refractivity contribution in [1.29, 1.82) is 0 Å². The normalized spacial score (nSPS) is 22.4. The average Bonchev–Trinajstić information content (AvgIpc) is 3.80. The van der Waals surface area contributed by atoms with E-state index in [1.165, 1.54) is 0 Å². The summed E-state index contributed by atoms with van der Waals surface area (Å²) >= 11 is 0. The Morgan fingerprint density at radius 1 is 0.703 bits per heavy atom. The maximum Gasteiger partial charge on any atom is 0.319 e. The first-order valence-electron chi connectivity index (χ1n) is 22.6. The van der Waals surface area contributed by atoms with Gasteiger partial charge in [-0.1, -0.05) is 19.4 Å². The standard InChI is InChI=1S/C24H33N5O3.C24H31N5O3/c2*1-5-11-24(4)20-19(15-32-24)22(29-12-13-31-14-16(29)3)28-21(27-20)17-7-9-18(10-8-17)26-23(30)25-6-2/h7-10,16H,5-6,11-15H2,1-4H3,(H2,25,26,30);5,7-10,16H,1,6,11-15H2,2-4H3,(H2,25,26,30)/t2*16-,24?/m00/s1. The molecule has 4 aliphatic heterocycles. The summed E-state index contributed by atoms with van der Waals surface area (Å²) in [5.74, 6) is 3.18. The number of carbonyl (C=O) groups excluding carboxylic acids is 2. The van der Waals surface area contributed by atoms with Crippen LogP contribution in [0.1, 0.15) is 90.2 Å². The summed E-state index contributed by atoms with van der Waals surface area (Å²) in [6, 6.07) is 15.2. The summed E-state index contributed by atoms with van der Waals surface area (Å²) in [5.41, 5.74) is 6.32. The summed E-state index contributed by atoms with van der Waals surface area (Å²) < 4.78 is 23.8. The molecule has 16 heteroatoms. The Labute approximate surface area is 376 Å². The fourth-order valence-electron chi connectivity index (χ4n) is 8.68. The lowest BCUT2D eigenvalue weighted by molar-refractivity contribution is -0.0321. The van der Waals surface area contributed by atoms with Gasteiger partial charge in [0.1, 0.15) is 22.8 Å². The summed E-state index contributed by atoms with van der Waals surface area (Å²) in [6.07, 6.45) is 4.46. The second-order valence-corrected chi connectivity index (χ2v) is 17.0. The van der Waals surface area contributed by atoms with Gasteiger partial charge in [0.2, 0.25) is 0 Å². The SMILES string of the molecule is C=CCC1(C)OCc2c(N3CCOC[C@@H]3C)nc(-c3ccc(NC(=O)NCC)cc3)nc21.CCCC1(C)OCc2c(N3CCOC[C@@H]3C)nc(-c3ccc(NC(=O)NCC)cc3)nc21. The Morgan fingerprint density at radius 2 is 1.14 bits per heavy atom. The van der Waals surface area contributed by atoms with Crippen molar-refractivity contribution >= 4 is 35.1 Å². The topological polar surface area (TPSA) is 177 Å². The number of anilines is 4. The molecule has 0 spiro atoms. The first-order valence-corrected chi connectivity index (χ1v) is 22.6. The van der Waals surface area contributed by atoms with Crippen molar-refractivity contribution in [2.24, 2.45) is 0 Å². The van der Waals surface area contributed by atoms with Gasteiger partial charge in [-0.2, -0.15) is 0 Å². The van der Waals surface area contributed by atoms with Crippen molar-refractivity contribution in [1.82, 2.24) is 30.6 Å². The highest BCUT2D eigenvalue weighted by atomic mass is 16.5. The van der Waals surface area contributed by atoms with Crippen LogP contribution in [0.25, 0.3) is 22.8 Å². The molecule has 2 saturated heterocycles. The van der Waals surface area contributed by atoms with Crippen molar-refractivity contribution in [2.75, 3.05) is 73.0 Å². The van der Waals surface area contributed by atoms with Crippen LogP contribution < -0.4 is 31.1 Å². The van der Waals surface area contributed by atoms with Crippen LogP contribution in [0.2, 0.25) is 0 Å². The summed E-state index contributed by atoms with van der Waals surface area (Å²) in [4.78, 5) is 48.2. The molecule has 4 atom stereocenters. The first-order chi connectivity index (χ1) is 30.9. The zero-order valence-electron chi connectivity index (χ0n) is 38.4. The van der Waals surface area contributed by atoms with E-state index in [9.17, 15) is 9.59 Å². The zero-order chi connectivity index (χ0) is 45.4. The van der Waals surface area contributed by atoms with Gasteiger partial charge in [-0.05, 0) is 103 Å². The number of rotatable bonds is 12. The van der Waals surface area contributed by atoms with E-state index in [1.54, 1.807) is 0 Å². The Kier molecular flexibility index (Phi) is 14.8. The number of hydrogen-bond donors (Lipinski definition) is 4. The van der Waals surface area contributed by atoms with Crippen molar-refractivity contribution in [3.05, 3.63) is 83.7 Å². The number of nitrogens with one attached hydrogen (secondary N) is 4. The highest BCUT2D eigenvalue weighted by Gasteiger charge is 2.42. The van der Waals surface area contributed by atoms with Gasteiger partial charge in [0.25, 0.3) is 0 Å². The molecule has 4 N–H and O–H groups in total. The molecule has 2 aromatic heterocycles. The number of fused-ring (bicyclic) bond motifs is 2. The number of morpholine rings is 2. The van der Waals surface area contributed by atoms with Crippen LogP contribution in [0, 0.1) is 0 Å². The van der Waals surface area contributed by atoms with Crippen LogP contribution in [0.4, 0.5) is 32.6 Å². The molecule has 4 aromatic rings. The Bertz CT molecular complexity index is 2280. The first kappa shape index (κ1) is 46.3. The van der Waals surface area contributed by atoms with Crippen LogP contribution in [0.5, 0.6) is 0 Å². The minimum atomic E-state index is -0.529. The van der Waals surface area contributed by atoms with Crippen LogP contribution in [0.3, 0.4) is 0 Å². The molecule has 2 aromatic carbocycles. The van der Waals surface area contributed by atoms with Crippen molar-refractivity contribution in [3.8, 4) is 22.8 Å². The molecule has 2 fully saturated rings. The van der Waals surface area contributed by atoms with E-state index in [4.69, 9.17) is 38.9 Å². The van der Waals surface area contributed by atoms with Gasteiger partial charge in [-0.15, -0.1) is 6.58 Å². The molecule has 16 nitrogen and oxygen atoms in total. The van der Waals surface area contributed by atoms with Crippen molar-refractivity contribution in [3.63, 3.8) is 0 Å². The third-order valence-corrected chi connectivity index (χ3v) is 12.1. The lowest BCUT2D eigenvalue weighted by Gasteiger charge is -2.35. The number of carbonyl (C=O) groups is 2. The number of hydrogen-bond acceptors (Lipinski definition) is 12. The van der Waals surface area contributed by atoms with Gasteiger partial charge in [-0.3, -0.25) is 0 Å². The fraction of sp³-hybridized carbons (Fsp3) is 0.500. The van der Waals surface area contributed by atoms with Gasteiger partial charge in [0.15, 0.2) is 11.6 Å². The van der Waals surface area contributed by atoms with Crippen LogP contribution in [0.15, 0.2) is 61.2 Å². The largest absolute Gasteiger partial charge is 0.377 e. The second kappa shape index (κ2) is 20.4. The summed E-state index contributed by atoms with van der Waals surface area (Å²) in [5, 5.41) is 11.1. The Morgan fingerprint density at radius 3 is 1.55 bits per heavy atom.